The molecule has 110 valence electrons. The fraction of sp³-hybridized carbons (Fsp3) is 0.500. The molecule has 1 fully saturated rings. The van der Waals surface area contributed by atoms with Crippen LogP contribution in [0.25, 0.3) is 0 Å². The van der Waals surface area contributed by atoms with E-state index in [2.05, 4.69) is 27.9 Å². The van der Waals surface area contributed by atoms with Crippen LogP contribution in [0, 0.1) is 0 Å². The molecule has 1 heterocycles. The lowest BCUT2D eigenvalue weighted by atomic mass is 10.1. The number of likely N-dealkylation sites (N-methyl/N-ethyl adjacent to an activating group) is 1. The third-order valence-corrected chi connectivity index (χ3v) is 4.24. The summed E-state index contributed by atoms with van der Waals surface area (Å²) in [4.78, 5) is 16.7. The number of carbonyl (C=O) groups excluding carboxylic acids is 1. The van der Waals surface area contributed by atoms with Gasteiger partial charge in [-0.25, -0.2) is 0 Å². The van der Waals surface area contributed by atoms with Gasteiger partial charge in [0.2, 0.25) is 0 Å². The van der Waals surface area contributed by atoms with Crippen molar-refractivity contribution in [2.75, 3.05) is 40.3 Å². The number of halogens is 1. The number of hydrogen-bond acceptors (Lipinski definition) is 4. The molecule has 0 saturated carbocycles. The molecule has 5 nitrogen and oxygen atoms in total. The Labute approximate surface area is 127 Å². The van der Waals surface area contributed by atoms with Crippen molar-refractivity contribution in [2.24, 2.45) is 5.73 Å². The second-order valence-corrected chi connectivity index (χ2v) is 5.85. The lowest BCUT2D eigenvalue weighted by Gasteiger charge is -2.39. The summed E-state index contributed by atoms with van der Waals surface area (Å²) in [5.41, 5.74) is 6.45. The van der Waals surface area contributed by atoms with E-state index in [1.807, 2.05) is 4.90 Å². The number of rotatable bonds is 3. The summed E-state index contributed by atoms with van der Waals surface area (Å²) >= 11 is 3.41. The molecule has 0 bridgehead atoms. The monoisotopic (exact) mass is 341 g/mol. The average Bonchev–Trinajstić information content (AvgIpc) is 2.46. The number of carbonyl (C=O) groups is 1. The second kappa shape index (κ2) is 6.56. The van der Waals surface area contributed by atoms with Gasteiger partial charge >= 0.3 is 0 Å². The smallest absolute Gasteiger partial charge is 0.254 e. The number of methoxy groups -OCH3 is 1. The lowest BCUT2D eigenvalue weighted by molar-refractivity contribution is 0.0516. The summed E-state index contributed by atoms with van der Waals surface area (Å²) in [6.45, 7) is 2.88. The van der Waals surface area contributed by atoms with Crippen molar-refractivity contribution in [3.05, 3.63) is 28.2 Å². The SMILES string of the molecule is COc1ccc(C(=O)N2CCN(C)CC2CN)cc1Br. The number of hydrogen-bond donors (Lipinski definition) is 1. The fourth-order valence-electron chi connectivity index (χ4n) is 2.45. The van der Waals surface area contributed by atoms with Crippen LogP contribution in [0.15, 0.2) is 22.7 Å². The van der Waals surface area contributed by atoms with Crippen molar-refractivity contribution in [1.29, 1.82) is 0 Å². The van der Waals surface area contributed by atoms with Gasteiger partial charge in [0.1, 0.15) is 5.75 Å². The Morgan fingerprint density at radius 3 is 2.85 bits per heavy atom. The summed E-state index contributed by atoms with van der Waals surface area (Å²) in [7, 11) is 3.65. The minimum atomic E-state index is 0.0249. The van der Waals surface area contributed by atoms with E-state index < -0.39 is 0 Å². The van der Waals surface area contributed by atoms with E-state index in [0.717, 1.165) is 23.3 Å². The van der Waals surface area contributed by atoms with Crippen LogP contribution >= 0.6 is 15.9 Å². The molecule has 20 heavy (non-hydrogen) atoms. The predicted molar refractivity (Wildman–Crippen MR) is 82.1 cm³/mol. The van der Waals surface area contributed by atoms with E-state index in [0.29, 0.717) is 18.7 Å². The fourth-order valence-corrected chi connectivity index (χ4v) is 2.99. The minimum absolute atomic E-state index is 0.0249. The third kappa shape index (κ3) is 3.13. The quantitative estimate of drug-likeness (QED) is 0.896. The molecule has 1 amide bonds. The van der Waals surface area contributed by atoms with Gasteiger partial charge in [0.15, 0.2) is 0 Å². The van der Waals surface area contributed by atoms with Gasteiger partial charge in [0.05, 0.1) is 17.6 Å². The van der Waals surface area contributed by atoms with Crippen molar-refractivity contribution >= 4 is 21.8 Å². The Morgan fingerprint density at radius 2 is 2.25 bits per heavy atom. The van der Waals surface area contributed by atoms with E-state index in [1.54, 1.807) is 25.3 Å². The van der Waals surface area contributed by atoms with E-state index in [-0.39, 0.29) is 11.9 Å². The summed E-state index contributed by atoms with van der Waals surface area (Å²) in [6.07, 6.45) is 0. The average molecular weight is 342 g/mol. The van der Waals surface area contributed by atoms with Crippen LogP contribution < -0.4 is 10.5 Å². The second-order valence-electron chi connectivity index (χ2n) is 5.00. The molecule has 1 aromatic carbocycles. The highest BCUT2D eigenvalue weighted by molar-refractivity contribution is 9.10. The van der Waals surface area contributed by atoms with Gasteiger partial charge in [-0.3, -0.25) is 4.79 Å². The predicted octanol–water partition coefficient (Wildman–Crippen LogP) is 1.17. The van der Waals surface area contributed by atoms with Crippen molar-refractivity contribution in [1.82, 2.24) is 9.80 Å². The van der Waals surface area contributed by atoms with Gasteiger partial charge < -0.3 is 20.3 Å². The number of amides is 1. The highest BCUT2D eigenvalue weighted by Crippen LogP contribution is 2.26. The molecule has 2 N–H and O–H groups in total. The van der Waals surface area contributed by atoms with E-state index in [9.17, 15) is 4.79 Å². The topological polar surface area (TPSA) is 58.8 Å². The summed E-state index contributed by atoms with van der Waals surface area (Å²) in [5, 5.41) is 0. The van der Waals surface area contributed by atoms with Crippen molar-refractivity contribution < 1.29 is 9.53 Å². The highest BCUT2D eigenvalue weighted by Gasteiger charge is 2.28. The van der Waals surface area contributed by atoms with Crippen LogP contribution in [-0.2, 0) is 0 Å². The van der Waals surface area contributed by atoms with Gasteiger partial charge in [0, 0.05) is 31.7 Å². The van der Waals surface area contributed by atoms with Gasteiger partial charge in [0.25, 0.3) is 5.91 Å². The third-order valence-electron chi connectivity index (χ3n) is 3.62. The van der Waals surface area contributed by atoms with Crippen molar-refractivity contribution in [3.63, 3.8) is 0 Å². The number of ether oxygens (including phenoxy) is 1. The molecule has 0 spiro atoms. The molecule has 0 aliphatic carbocycles. The zero-order valence-corrected chi connectivity index (χ0v) is 13.4. The summed E-state index contributed by atoms with van der Waals surface area (Å²) in [5.74, 6) is 0.743. The Bertz CT molecular complexity index is 495. The van der Waals surface area contributed by atoms with E-state index in [1.165, 1.54) is 0 Å². The molecule has 1 saturated heterocycles. The van der Waals surface area contributed by atoms with Gasteiger partial charge in [-0.05, 0) is 41.2 Å². The maximum atomic E-state index is 12.6. The minimum Gasteiger partial charge on any atom is -0.496 e. The van der Waals surface area contributed by atoms with Crippen molar-refractivity contribution in [2.45, 2.75) is 6.04 Å². The van der Waals surface area contributed by atoms with Crippen LogP contribution in [0.3, 0.4) is 0 Å². The molecule has 0 radical (unpaired) electrons. The highest BCUT2D eigenvalue weighted by atomic mass is 79.9. The summed E-state index contributed by atoms with van der Waals surface area (Å²) < 4.78 is 5.96. The Morgan fingerprint density at radius 1 is 1.50 bits per heavy atom. The maximum absolute atomic E-state index is 12.6. The molecular formula is C14H20BrN3O2. The van der Waals surface area contributed by atoms with Crippen LogP contribution in [0.4, 0.5) is 0 Å². The standard InChI is InChI=1S/C14H20BrN3O2/c1-17-5-6-18(11(8-16)9-17)14(19)10-3-4-13(20-2)12(15)7-10/h3-4,7,11H,5-6,8-9,16H2,1-2H3. The van der Waals surface area contributed by atoms with Crippen LogP contribution in [0.1, 0.15) is 10.4 Å². The lowest BCUT2D eigenvalue weighted by Crippen LogP contribution is -2.56. The zero-order chi connectivity index (χ0) is 14.7. The molecule has 1 atom stereocenters. The first-order valence-corrected chi connectivity index (χ1v) is 7.39. The molecule has 6 heteroatoms. The molecule has 1 unspecified atom stereocenters. The zero-order valence-electron chi connectivity index (χ0n) is 11.8. The Kier molecular flexibility index (Phi) is 5.01. The summed E-state index contributed by atoms with van der Waals surface area (Å²) in [6, 6.07) is 5.46. The van der Waals surface area contributed by atoms with E-state index >= 15 is 0 Å². The molecule has 0 aromatic heterocycles. The first kappa shape index (κ1) is 15.3. The maximum Gasteiger partial charge on any atom is 0.254 e. The molecule has 1 aliphatic heterocycles. The van der Waals surface area contributed by atoms with Crippen molar-refractivity contribution in [3.8, 4) is 5.75 Å². The molecular weight excluding hydrogens is 322 g/mol. The Balaban J connectivity index is 2.19. The largest absolute Gasteiger partial charge is 0.496 e. The van der Waals surface area contributed by atoms with Crippen LogP contribution in [0.2, 0.25) is 0 Å². The molecule has 2 rings (SSSR count). The van der Waals surface area contributed by atoms with Gasteiger partial charge in [-0.1, -0.05) is 0 Å². The molecule has 1 aromatic rings. The van der Waals surface area contributed by atoms with Gasteiger partial charge in [-0.2, -0.15) is 0 Å². The van der Waals surface area contributed by atoms with Gasteiger partial charge in [-0.15, -0.1) is 0 Å². The Hall–Kier alpha value is -1.11. The first-order chi connectivity index (χ1) is 9.56. The number of nitrogens with zero attached hydrogens (tertiary/aromatic N) is 2. The van der Waals surface area contributed by atoms with Crippen LogP contribution in [-0.4, -0.2) is 62.1 Å². The normalized spacial score (nSPS) is 20.0. The van der Waals surface area contributed by atoms with Crippen LogP contribution in [0.5, 0.6) is 5.75 Å². The number of nitrogens with two attached hydrogens (primary N) is 1. The molecule has 1 aliphatic rings. The number of benzene rings is 1. The number of piperazine rings is 1. The first-order valence-electron chi connectivity index (χ1n) is 6.60. The van der Waals surface area contributed by atoms with E-state index in [4.69, 9.17) is 10.5 Å².